The summed E-state index contributed by atoms with van der Waals surface area (Å²) in [5.41, 5.74) is 13.2. The van der Waals surface area contributed by atoms with Crippen molar-refractivity contribution in [2.75, 3.05) is 23.9 Å². The molecule has 130 valence electrons. The van der Waals surface area contributed by atoms with Crippen molar-refractivity contribution in [3.63, 3.8) is 0 Å². The predicted octanol–water partition coefficient (Wildman–Crippen LogP) is 1.72. The lowest BCUT2D eigenvalue weighted by Crippen LogP contribution is -2.32. The van der Waals surface area contributed by atoms with E-state index in [0.29, 0.717) is 27.7 Å². The Morgan fingerprint density at radius 2 is 2.12 bits per heavy atom. The van der Waals surface area contributed by atoms with Crippen molar-refractivity contribution in [1.82, 2.24) is 10.3 Å². The Balaban J connectivity index is 2.31. The van der Waals surface area contributed by atoms with Gasteiger partial charge in [-0.05, 0) is 18.2 Å². The maximum absolute atomic E-state index is 9.33. The molecule has 9 nitrogen and oxygen atoms in total. The third-order valence-corrected chi connectivity index (χ3v) is 4.08. The van der Waals surface area contributed by atoms with Crippen molar-refractivity contribution in [3.8, 4) is 18.0 Å². The molecule has 3 rings (SSSR count). The van der Waals surface area contributed by atoms with Crippen LogP contribution in [0, 0.1) is 22.8 Å². The smallest absolute Gasteiger partial charge is 0.211 e. The molecule has 2 aromatic rings. The molecule has 2 heterocycles. The van der Waals surface area contributed by atoms with E-state index in [4.69, 9.17) is 33.1 Å². The van der Waals surface area contributed by atoms with Crippen LogP contribution in [0.25, 0.3) is 0 Å². The van der Waals surface area contributed by atoms with E-state index in [1.165, 1.54) is 7.11 Å². The van der Waals surface area contributed by atoms with Crippen molar-refractivity contribution < 1.29 is 4.74 Å². The molecule has 0 saturated heterocycles. The molecule has 0 radical (unpaired) electrons. The maximum atomic E-state index is 9.33. The van der Waals surface area contributed by atoms with E-state index >= 15 is 0 Å². The molecule has 0 amide bonds. The molecule has 0 fully saturated rings. The van der Waals surface area contributed by atoms with E-state index in [2.05, 4.69) is 20.6 Å². The number of fused-ring (bicyclic) bond motifs is 1. The number of aliphatic imine (C=N–C) groups is 1. The van der Waals surface area contributed by atoms with Crippen LogP contribution in [-0.2, 0) is 0 Å². The number of methoxy groups -OCH3 is 1. The predicted molar refractivity (Wildman–Crippen MR) is 97.4 cm³/mol. The van der Waals surface area contributed by atoms with Gasteiger partial charge in [-0.25, -0.2) is 9.98 Å². The lowest BCUT2D eigenvalue weighted by molar-refractivity contribution is 0.408. The van der Waals surface area contributed by atoms with E-state index in [9.17, 15) is 5.26 Å². The van der Waals surface area contributed by atoms with E-state index in [1.54, 1.807) is 24.4 Å². The van der Waals surface area contributed by atoms with Crippen LogP contribution in [0.4, 0.5) is 17.3 Å². The summed E-state index contributed by atoms with van der Waals surface area (Å²) in [6, 6.07) is 6.28. The number of rotatable bonds is 2. The minimum Gasteiger partial charge on any atom is -0.496 e. The summed E-state index contributed by atoms with van der Waals surface area (Å²) in [4.78, 5) is 8.65. The van der Waals surface area contributed by atoms with Crippen molar-refractivity contribution in [3.05, 3.63) is 39.9 Å². The molecule has 1 aromatic carbocycles. The monoisotopic (exact) mass is 368 g/mol. The first-order chi connectivity index (χ1) is 12.5. The molecule has 1 aliphatic heterocycles. The highest BCUT2D eigenvalue weighted by molar-refractivity contribution is 6.30. The number of benzene rings is 1. The van der Waals surface area contributed by atoms with E-state index in [1.807, 2.05) is 6.07 Å². The molecular formula is C16H13ClN8O. The summed E-state index contributed by atoms with van der Waals surface area (Å²) in [5, 5.41) is 24.0. The number of nitrogens with two attached hydrogens (primary N) is 2. The van der Waals surface area contributed by atoms with Crippen molar-refractivity contribution >= 4 is 34.9 Å². The van der Waals surface area contributed by atoms with Gasteiger partial charge in [0.15, 0.2) is 6.19 Å². The normalized spacial score (nSPS) is 14.9. The zero-order chi connectivity index (χ0) is 18.8. The summed E-state index contributed by atoms with van der Waals surface area (Å²) >= 11 is 6.13. The zero-order valence-electron chi connectivity index (χ0n) is 13.5. The Morgan fingerprint density at radius 3 is 2.77 bits per heavy atom. The molecule has 0 spiro atoms. The van der Waals surface area contributed by atoms with Crippen LogP contribution in [0.15, 0.2) is 23.2 Å². The SMILES string of the molecule is COc1ccc(Cl)cc1C1N=C(NC#N)Nc2nc(N)c(C#N)c(N)c21. The van der Waals surface area contributed by atoms with Crippen LogP contribution in [0.1, 0.15) is 22.7 Å². The number of nitrogen functional groups attached to an aromatic ring is 2. The zero-order valence-corrected chi connectivity index (χ0v) is 14.3. The van der Waals surface area contributed by atoms with E-state index < -0.39 is 6.04 Å². The topological polar surface area (TPSA) is 158 Å². The van der Waals surface area contributed by atoms with Crippen LogP contribution in [0.3, 0.4) is 0 Å². The van der Waals surface area contributed by atoms with Gasteiger partial charge in [0.2, 0.25) is 5.96 Å². The van der Waals surface area contributed by atoms with Gasteiger partial charge in [-0.2, -0.15) is 10.5 Å². The Bertz CT molecular complexity index is 1000. The number of anilines is 3. The van der Waals surface area contributed by atoms with Gasteiger partial charge in [-0.15, -0.1) is 0 Å². The summed E-state index contributed by atoms with van der Waals surface area (Å²) in [6.07, 6.45) is 1.79. The number of guanidine groups is 1. The van der Waals surface area contributed by atoms with Crippen LogP contribution in [-0.4, -0.2) is 18.1 Å². The largest absolute Gasteiger partial charge is 0.496 e. The number of aromatic nitrogens is 1. The summed E-state index contributed by atoms with van der Waals surface area (Å²) in [7, 11) is 1.51. The fourth-order valence-electron chi connectivity index (χ4n) is 2.72. The highest BCUT2D eigenvalue weighted by atomic mass is 35.5. The molecule has 0 bridgehead atoms. The highest BCUT2D eigenvalue weighted by Crippen LogP contribution is 2.43. The highest BCUT2D eigenvalue weighted by Gasteiger charge is 2.31. The Morgan fingerprint density at radius 1 is 1.35 bits per heavy atom. The third kappa shape index (κ3) is 2.77. The summed E-state index contributed by atoms with van der Waals surface area (Å²) in [5.74, 6) is 0.940. The second-order valence-electron chi connectivity index (χ2n) is 5.29. The van der Waals surface area contributed by atoms with E-state index in [0.717, 1.165) is 0 Å². The summed E-state index contributed by atoms with van der Waals surface area (Å²) < 4.78 is 5.40. The number of nitrogens with zero attached hydrogens (tertiary/aromatic N) is 4. The summed E-state index contributed by atoms with van der Waals surface area (Å²) in [6.45, 7) is 0. The van der Waals surface area contributed by atoms with Crippen LogP contribution < -0.4 is 26.8 Å². The van der Waals surface area contributed by atoms with Crippen molar-refractivity contribution in [2.45, 2.75) is 6.04 Å². The number of nitrogens with one attached hydrogen (secondary N) is 2. The fourth-order valence-corrected chi connectivity index (χ4v) is 2.91. The van der Waals surface area contributed by atoms with Gasteiger partial charge in [0.1, 0.15) is 35.1 Å². The van der Waals surface area contributed by atoms with Gasteiger partial charge in [0.05, 0.1) is 12.8 Å². The number of halogens is 1. The quantitative estimate of drug-likeness (QED) is 0.460. The number of hydrogen-bond donors (Lipinski definition) is 4. The van der Waals surface area contributed by atoms with Crippen molar-refractivity contribution in [1.29, 1.82) is 10.5 Å². The molecule has 0 aliphatic carbocycles. The number of hydrogen-bond acceptors (Lipinski definition) is 9. The standard InChI is InChI=1S/C16H13ClN8O/c1-26-10-3-2-7(17)4-8(10)13-11-12(20)9(5-18)14(21)24-15(11)25-16(23-13)22-6-19/h2-4,13H,1H3,(H6,20,21,22,23,24,25). The molecule has 26 heavy (non-hydrogen) atoms. The van der Waals surface area contributed by atoms with Crippen LogP contribution in [0.2, 0.25) is 5.02 Å². The second-order valence-corrected chi connectivity index (χ2v) is 5.72. The Kier molecular flexibility index (Phi) is 4.40. The number of pyridine rings is 1. The first kappa shape index (κ1) is 17.1. The maximum Gasteiger partial charge on any atom is 0.211 e. The molecule has 6 N–H and O–H groups in total. The molecular weight excluding hydrogens is 356 g/mol. The average Bonchev–Trinajstić information content (AvgIpc) is 2.61. The Hall–Kier alpha value is -3.69. The molecule has 1 unspecified atom stereocenters. The van der Waals surface area contributed by atoms with Gasteiger partial charge >= 0.3 is 0 Å². The minimum absolute atomic E-state index is 0.0220. The van der Waals surface area contributed by atoms with Gasteiger partial charge in [0, 0.05) is 16.1 Å². The number of nitriles is 2. The lowest BCUT2D eigenvalue weighted by atomic mass is 9.94. The van der Waals surface area contributed by atoms with Gasteiger partial charge < -0.3 is 21.5 Å². The number of ether oxygens (including phenoxy) is 1. The second kappa shape index (κ2) is 6.67. The lowest BCUT2D eigenvalue weighted by Gasteiger charge is -2.27. The fraction of sp³-hybridized carbons (Fsp3) is 0.125. The minimum atomic E-state index is -0.712. The first-order valence-corrected chi connectivity index (χ1v) is 7.70. The third-order valence-electron chi connectivity index (χ3n) is 3.84. The molecule has 1 atom stereocenters. The van der Waals surface area contributed by atoms with Crippen LogP contribution in [0.5, 0.6) is 5.75 Å². The van der Waals surface area contributed by atoms with E-state index in [-0.39, 0.29) is 23.0 Å². The van der Waals surface area contributed by atoms with Gasteiger partial charge in [0.25, 0.3) is 0 Å². The molecule has 1 aromatic heterocycles. The van der Waals surface area contributed by atoms with Crippen molar-refractivity contribution in [2.24, 2.45) is 4.99 Å². The van der Waals surface area contributed by atoms with Gasteiger partial charge in [-0.3, -0.25) is 5.32 Å². The molecule has 10 heteroatoms. The molecule has 0 saturated carbocycles. The Labute approximate surface area is 153 Å². The molecule has 1 aliphatic rings. The van der Waals surface area contributed by atoms with Crippen LogP contribution >= 0.6 is 11.6 Å². The van der Waals surface area contributed by atoms with Gasteiger partial charge in [-0.1, -0.05) is 11.6 Å². The first-order valence-electron chi connectivity index (χ1n) is 7.32. The average molecular weight is 369 g/mol.